The zero-order valence-electron chi connectivity index (χ0n) is 18.4. The minimum atomic E-state index is -3.88. The SMILES string of the molecule is COC(=O)CNS(=O)(=O)c1ccc(CNC(=O)c2cncc3c2cnn3-c2ccc(F)cc2)cc1. The summed E-state index contributed by atoms with van der Waals surface area (Å²) < 4.78 is 45.9. The van der Waals surface area contributed by atoms with Crippen LogP contribution in [0.15, 0.2) is 72.0 Å². The molecule has 0 spiro atoms. The Bertz CT molecular complexity index is 1490. The smallest absolute Gasteiger partial charge is 0.320 e. The van der Waals surface area contributed by atoms with Gasteiger partial charge in [-0.15, -0.1) is 0 Å². The number of rotatable bonds is 8. The van der Waals surface area contributed by atoms with E-state index in [1.807, 2.05) is 0 Å². The summed E-state index contributed by atoms with van der Waals surface area (Å²) >= 11 is 0. The Morgan fingerprint density at radius 3 is 2.43 bits per heavy atom. The van der Waals surface area contributed by atoms with Crippen molar-refractivity contribution in [1.29, 1.82) is 0 Å². The van der Waals surface area contributed by atoms with Gasteiger partial charge in [0.2, 0.25) is 10.0 Å². The van der Waals surface area contributed by atoms with Gasteiger partial charge in [0.05, 0.1) is 41.2 Å². The Morgan fingerprint density at radius 1 is 1.03 bits per heavy atom. The van der Waals surface area contributed by atoms with Crippen LogP contribution < -0.4 is 10.0 Å². The van der Waals surface area contributed by atoms with Gasteiger partial charge < -0.3 is 10.1 Å². The molecule has 2 N–H and O–H groups in total. The summed E-state index contributed by atoms with van der Waals surface area (Å²) in [4.78, 5) is 28.1. The highest BCUT2D eigenvalue weighted by Gasteiger charge is 2.17. The molecular formula is C23H20FN5O5S. The topological polar surface area (TPSA) is 132 Å². The number of methoxy groups -OCH3 is 1. The maximum atomic E-state index is 13.2. The number of nitrogens with zero attached hydrogens (tertiary/aromatic N) is 3. The number of sulfonamides is 1. The van der Waals surface area contributed by atoms with E-state index in [1.54, 1.807) is 35.1 Å². The summed E-state index contributed by atoms with van der Waals surface area (Å²) in [6, 6.07) is 11.6. The number of fused-ring (bicyclic) bond motifs is 1. The van der Waals surface area contributed by atoms with Crippen LogP contribution in [0.1, 0.15) is 15.9 Å². The van der Waals surface area contributed by atoms with E-state index in [-0.39, 0.29) is 17.3 Å². The zero-order valence-corrected chi connectivity index (χ0v) is 19.3. The third-order valence-corrected chi connectivity index (χ3v) is 6.55. The maximum absolute atomic E-state index is 13.2. The van der Waals surface area contributed by atoms with E-state index in [9.17, 15) is 22.4 Å². The first kappa shape index (κ1) is 24.0. The fraction of sp³-hybridized carbons (Fsp3) is 0.130. The number of esters is 1. The molecule has 2 aromatic carbocycles. The lowest BCUT2D eigenvalue weighted by Gasteiger charge is -2.09. The molecule has 35 heavy (non-hydrogen) atoms. The summed E-state index contributed by atoms with van der Waals surface area (Å²) in [5.41, 5.74) is 2.17. The van der Waals surface area contributed by atoms with Crippen molar-refractivity contribution < 1.29 is 27.1 Å². The van der Waals surface area contributed by atoms with Crippen LogP contribution in [0.2, 0.25) is 0 Å². The molecule has 0 bridgehead atoms. The van der Waals surface area contributed by atoms with Crippen LogP contribution in [0.3, 0.4) is 0 Å². The molecule has 4 aromatic rings. The van der Waals surface area contributed by atoms with Crippen LogP contribution in [-0.4, -0.2) is 48.7 Å². The lowest BCUT2D eigenvalue weighted by Crippen LogP contribution is -2.30. The average Bonchev–Trinajstić information content (AvgIpc) is 3.31. The Labute approximate surface area is 199 Å². The molecule has 180 valence electrons. The third-order valence-electron chi connectivity index (χ3n) is 5.13. The molecule has 2 aromatic heterocycles. The van der Waals surface area contributed by atoms with Gasteiger partial charge in [-0.05, 0) is 42.0 Å². The highest BCUT2D eigenvalue weighted by Crippen LogP contribution is 2.21. The standard InChI is InChI=1S/C23H20FN5O5S/c1-34-22(30)14-28-35(32,33)18-8-2-15(3-9-18)10-26-23(31)20-11-25-13-21-19(20)12-27-29(21)17-6-4-16(24)5-7-17/h2-9,11-13,28H,10,14H2,1H3,(H,26,31). The van der Waals surface area contributed by atoms with Crippen LogP contribution in [-0.2, 0) is 26.1 Å². The van der Waals surface area contributed by atoms with Gasteiger partial charge in [-0.2, -0.15) is 9.82 Å². The van der Waals surface area contributed by atoms with E-state index in [2.05, 4.69) is 24.9 Å². The molecule has 0 aliphatic rings. The minimum Gasteiger partial charge on any atom is -0.468 e. The van der Waals surface area contributed by atoms with Crippen LogP contribution in [0.4, 0.5) is 4.39 Å². The Hall–Kier alpha value is -4.16. The fourth-order valence-electron chi connectivity index (χ4n) is 3.28. The number of hydrogen-bond acceptors (Lipinski definition) is 7. The zero-order chi connectivity index (χ0) is 25.0. The van der Waals surface area contributed by atoms with Crippen molar-refractivity contribution in [3.8, 4) is 5.69 Å². The largest absolute Gasteiger partial charge is 0.468 e. The second-order valence-electron chi connectivity index (χ2n) is 7.38. The molecule has 1 amide bonds. The molecule has 0 aliphatic carbocycles. The van der Waals surface area contributed by atoms with Gasteiger partial charge in [-0.1, -0.05) is 12.1 Å². The van der Waals surface area contributed by atoms with E-state index >= 15 is 0 Å². The first-order valence-electron chi connectivity index (χ1n) is 10.3. The number of amides is 1. The second-order valence-corrected chi connectivity index (χ2v) is 9.15. The van der Waals surface area contributed by atoms with E-state index in [4.69, 9.17) is 0 Å². The first-order chi connectivity index (χ1) is 16.8. The molecule has 0 radical (unpaired) electrons. The Kier molecular flexibility index (Phi) is 6.85. The van der Waals surface area contributed by atoms with Gasteiger partial charge in [0.25, 0.3) is 5.91 Å². The van der Waals surface area contributed by atoms with Crippen molar-refractivity contribution in [2.24, 2.45) is 0 Å². The Morgan fingerprint density at radius 2 is 1.74 bits per heavy atom. The molecule has 0 aliphatic heterocycles. The number of carbonyl (C=O) groups is 2. The van der Waals surface area contributed by atoms with Crippen LogP contribution >= 0.6 is 0 Å². The van der Waals surface area contributed by atoms with Gasteiger partial charge in [0, 0.05) is 18.1 Å². The second kappa shape index (κ2) is 9.99. The van der Waals surface area contributed by atoms with Crippen molar-refractivity contribution in [2.45, 2.75) is 11.4 Å². The fourth-order valence-corrected chi connectivity index (χ4v) is 4.25. The quantitative estimate of drug-likeness (QED) is 0.356. The highest BCUT2D eigenvalue weighted by atomic mass is 32.2. The molecule has 2 heterocycles. The molecule has 10 nitrogen and oxygen atoms in total. The van der Waals surface area contributed by atoms with Crippen molar-refractivity contribution in [2.75, 3.05) is 13.7 Å². The molecule has 0 unspecified atom stereocenters. The van der Waals surface area contributed by atoms with Gasteiger partial charge in [-0.25, -0.2) is 17.5 Å². The van der Waals surface area contributed by atoms with Crippen molar-refractivity contribution in [3.05, 3.63) is 84.1 Å². The van der Waals surface area contributed by atoms with E-state index in [0.717, 1.165) is 7.11 Å². The van der Waals surface area contributed by atoms with Gasteiger partial charge in [-0.3, -0.25) is 14.6 Å². The van der Waals surface area contributed by atoms with E-state index < -0.39 is 28.4 Å². The monoisotopic (exact) mass is 497 g/mol. The van der Waals surface area contributed by atoms with E-state index in [0.29, 0.717) is 27.7 Å². The number of ether oxygens (including phenoxy) is 1. The molecule has 0 saturated heterocycles. The summed E-state index contributed by atoms with van der Waals surface area (Å²) in [5.74, 6) is -1.47. The summed E-state index contributed by atoms with van der Waals surface area (Å²) in [6.07, 6.45) is 4.53. The number of aromatic nitrogens is 3. The van der Waals surface area contributed by atoms with Crippen molar-refractivity contribution in [1.82, 2.24) is 24.8 Å². The minimum absolute atomic E-state index is 0.0290. The number of hydrogen-bond donors (Lipinski definition) is 2. The molecule has 0 fully saturated rings. The van der Waals surface area contributed by atoms with Crippen LogP contribution in [0.5, 0.6) is 0 Å². The predicted molar refractivity (Wildman–Crippen MR) is 124 cm³/mol. The van der Waals surface area contributed by atoms with Gasteiger partial charge >= 0.3 is 5.97 Å². The number of halogens is 1. The number of nitrogens with one attached hydrogen (secondary N) is 2. The van der Waals surface area contributed by atoms with Crippen LogP contribution in [0.25, 0.3) is 16.6 Å². The van der Waals surface area contributed by atoms with E-state index in [1.165, 1.54) is 36.7 Å². The third kappa shape index (κ3) is 5.34. The summed E-state index contributed by atoms with van der Waals surface area (Å²) in [7, 11) is -2.72. The number of carbonyl (C=O) groups excluding carboxylic acids is 2. The summed E-state index contributed by atoms with van der Waals surface area (Å²) in [5, 5.41) is 7.65. The molecular weight excluding hydrogens is 477 g/mol. The molecule has 0 saturated carbocycles. The Balaban J connectivity index is 1.46. The lowest BCUT2D eigenvalue weighted by atomic mass is 10.1. The predicted octanol–water partition coefficient (Wildman–Crippen LogP) is 1.94. The molecule has 4 rings (SSSR count). The molecule has 12 heteroatoms. The number of benzene rings is 2. The summed E-state index contributed by atoms with van der Waals surface area (Å²) in [6.45, 7) is -0.342. The highest BCUT2D eigenvalue weighted by molar-refractivity contribution is 7.89. The number of pyridine rings is 1. The normalized spacial score (nSPS) is 11.4. The van der Waals surface area contributed by atoms with Gasteiger partial charge in [0.1, 0.15) is 12.4 Å². The van der Waals surface area contributed by atoms with Crippen molar-refractivity contribution >= 4 is 32.8 Å². The molecule has 0 atom stereocenters. The van der Waals surface area contributed by atoms with Crippen LogP contribution in [0, 0.1) is 5.82 Å². The van der Waals surface area contributed by atoms with Gasteiger partial charge in [0.15, 0.2) is 0 Å². The lowest BCUT2D eigenvalue weighted by molar-refractivity contribution is -0.139. The van der Waals surface area contributed by atoms with Crippen molar-refractivity contribution in [3.63, 3.8) is 0 Å². The maximum Gasteiger partial charge on any atom is 0.320 e. The first-order valence-corrected chi connectivity index (χ1v) is 11.8. The average molecular weight is 498 g/mol.